The van der Waals surface area contributed by atoms with Crippen molar-refractivity contribution >= 4 is 11.3 Å². The molecule has 0 aliphatic carbocycles. The third kappa shape index (κ3) is 1.24. The normalized spacial score (nSPS) is 24.4. The van der Waals surface area contributed by atoms with Gasteiger partial charge in [-0.25, -0.2) is 0 Å². The Hall–Kier alpha value is -0.600. The summed E-state index contributed by atoms with van der Waals surface area (Å²) in [6, 6.07) is 4.15. The maximum absolute atomic E-state index is 5.52. The van der Waals surface area contributed by atoms with Gasteiger partial charge >= 0.3 is 0 Å². The summed E-state index contributed by atoms with van der Waals surface area (Å²) >= 11 is 1.74. The van der Waals surface area contributed by atoms with Gasteiger partial charge in [0.25, 0.3) is 0 Å². The Morgan fingerprint density at radius 2 is 2.55 bits per heavy atom. The Bertz CT molecular complexity index is 251. The van der Waals surface area contributed by atoms with E-state index in [1.165, 1.54) is 10.5 Å². The van der Waals surface area contributed by atoms with Gasteiger partial charge in [0.1, 0.15) is 6.10 Å². The second-order valence-corrected chi connectivity index (χ2v) is 3.65. The lowest BCUT2D eigenvalue weighted by Gasteiger charge is -2.06. The van der Waals surface area contributed by atoms with Crippen LogP contribution in [0.3, 0.4) is 0 Å². The molecule has 1 aliphatic rings. The summed E-state index contributed by atoms with van der Waals surface area (Å²) in [6.45, 7) is 4.81. The fraction of sp³-hybridized carbons (Fsp3) is 0.333. The van der Waals surface area contributed by atoms with Gasteiger partial charge in [0.15, 0.2) is 0 Å². The van der Waals surface area contributed by atoms with E-state index in [0.717, 1.165) is 13.0 Å². The van der Waals surface area contributed by atoms with Crippen molar-refractivity contribution < 1.29 is 4.74 Å². The van der Waals surface area contributed by atoms with Crippen LogP contribution in [0.25, 0.3) is 0 Å². The largest absolute Gasteiger partial charge is 0.368 e. The highest BCUT2D eigenvalue weighted by Crippen LogP contribution is 2.34. The van der Waals surface area contributed by atoms with E-state index in [4.69, 9.17) is 4.74 Å². The van der Waals surface area contributed by atoms with E-state index in [1.54, 1.807) is 11.3 Å². The van der Waals surface area contributed by atoms with Gasteiger partial charge in [0.05, 0.1) is 6.61 Å². The van der Waals surface area contributed by atoms with Gasteiger partial charge in [-0.2, -0.15) is 0 Å². The smallest absolute Gasteiger partial charge is 0.113 e. The first kappa shape index (κ1) is 7.07. The van der Waals surface area contributed by atoms with E-state index >= 15 is 0 Å². The van der Waals surface area contributed by atoms with Crippen LogP contribution in [0.1, 0.15) is 17.4 Å². The molecule has 0 amide bonds. The van der Waals surface area contributed by atoms with E-state index in [0.29, 0.717) is 0 Å². The van der Waals surface area contributed by atoms with Crippen molar-refractivity contribution in [2.75, 3.05) is 6.61 Å². The molecule has 1 aliphatic heterocycles. The molecule has 0 radical (unpaired) electrons. The van der Waals surface area contributed by atoms with Gasteiger partial charge in [-0.1, -0.05) is 12.6 Å². The molecule has 0 bridgehead atoms. The molecule has 2 heterocycles. The standard InChI is InChI=1S/C9H10OS/c1-7-4-5-10-9(7)8-3-2-6-11-8/h2-3,6,9H,1,4-5H2. The van der Waals surface area contributed by atoms with Crippen LogP contribution >= 0.6 is 11.3 Å². The van der Waals surface area contributed by atoms with E-state index in [2.05, 4.69) is 24.1 Å². The summed E-state index contributed by atoms with van der Waals surface area (Å²) in [4.78, 5) is 1.28. The SMILES string of the molecule is C=C1CCOC1c1cccs1. The molecule has 1 aromatic rings. The molecule has 0 spiro atoms. The molecule has 0 saturated carbocycles. The Morgan fingerprint density at radius 3 is 3.09 bits per heavy atom. The topological polar surface area (TPSA) is 9.23 Å². The van der Waals surface area contributed by atoms with Gasteiger partial charge < -0.3 is 4.74 Å². The average Bonchev–Trinajstić information content (AvgIpc) is 2.55. The zero-order chi connectivity index (χ0) is 7.68. The van der Waals surface area contributed by atoms with Crippen LogP contribution in [0, 0.1) is 0 Å². The maximum atomic E-state index is 5.52. The first-order valence-corrected chi connectivity index (χ1v) is 4.58. The highest BCUT2D eigenvalue weighted by atomic mass is 32.1. The third-order valence-electron chi connectivity index (χ3n) is 1.88. The number of hydrogen-bond donors (Lipinski definition) is 0. The zero-order valence-electron chi connectivity index (χ0n) is 6.25. The lowest BCUT2D eigenvalue weighted by atomic mass is 10.1. The fourth-order valence-corrected chi connectivity index (χ4v) is 2.11. The monoisotopic (exact) mass is 166 g/mol. The minimum Gasteiger partial charge on any atom is -0.368 e. The van der Waals surface area contributed by atoms with Gasteiger partial charge in [-0.3, -0.25) is 0 Å². The molecule has 1 atom stereocenters. The molecule has 1 aromatic heterocycles. The summed E-state index contributed by atoms with van der Waals surface area (Å²) in [5.74, 6) is 0. The molecular weight excluding hydrogens is 156 g/mol. The quantitative estimate of drug-likeness (QED) is 0.583. The number of rotatable bonds is 1. The van der Waals surface area contributed by atoms with Crippen LogP contribution in [0.5, 0.6) is 0 Å². The maximum Gasteiger partial charge on any atom is 0.113 e. The zero-order valence-corrected chi connectivity index (χ0v) is 7.06. The molecular formula is C9H10OS. The van der Waals surface area contributed by atoms with Gasteiger partial charge in [-0.15, -0.1) is 11.3 Å². The fourth-order valence-electron chi connectivity index (χ4n) is 1.28. The van der Waals surface area contributed by atoms with Gasteiger partial charge in [0.2, 0.25) is 0 Å². The highest BCUT2D eigenvalue weighted by Gasteiger charge is 2.21. The summed E-state index contributed by atoms with van der Waals surface area (Å²) < 4.78 is 5.52. The number of thiophene rings is 1. The Balaban J connectivity index is 2.23. The Morgan fingerprint density at radius 1 is 1.64 bits per heavy atom. The lowest BCUT2D eigenvalue weighted by molar-refractivity contribution is 0.128. The first-order valence-electron chi connectivity index (χ1n) is 3.70. The van der Waals surface area contributed by atoms with Crippen molar-refractivity contribution in [1.29, 1.82) is 0 Å². The Labute approximate surface area is 70.3 Å². The molecule has 1 nitrogen and oxygen atoms in total. The molecule has 1 unspecified atom stereocenters. The average molecular weight is 166 g/mol. The number of ether oxygens (including phenoxy) is 1. The minimum atomic E-state index is 0.190. The second kappa shape index (κ2) is 2.80. The second-order valence-electron chi connectivity index (χ2n) is 2.67. The van der Waals surface area contributed by atoms with Crippen LogP contribution in [0.4, 0.5) is 0 Å². The van der Waals surface area contributed by atoms with E-state index in [9.17, 15) is 0 Å². The van der Waals surface area contributed by atoms with E-state index in [1.807, 2.05) is 0 Å². The van der Waals surface area contributed by atoms with Crippen LogP contribution in [0.2, 0.25) is 0 Å². The molecule has 0 aromatic carbocycles. The van der Waals surface area contributed by atoms with Crippen LogP contribution in [-0.2, 0) is 4.74 Å². The predicted molar refractivity (Wildman–Crippen MR) is 46.8 cm³/mol. The third-order valence-corrected chi connectivity index (χ3v) is 2.80. The van der Waals surface area contributed by atoms with Crippen molar-refractivity contribution in [3.8, 4) is 0 Å². The summed E-state index contributed by atoms with van der Waals surface area (Å²) in [7, 11) is 0. The van der Waals surface area contributed by atoms with E-state index < -0.39 is 0 Å². The van der Waals surface area contributed by atoms with Crippen molar-refractivity contribution in [2.45, 2.75) is 12.5 Å². The molecule has 1 saturated heterocycles. The summed E-state index contributed by atoms with van der Waals surface area (Å²) in [6.07, 6.45) is 1.21. The first-order chi connectivity index (χ1) is 5.38. The van der Waals surface area contributed by atoms with Crippen molar-refractivity contribution in [1.82, 2.24) is 0 Å². The van der Waals surface area contributed by atoms with Crippen LogP contribution in [0.15, 0.2) is 29.7 Å². The van der Waals surface area contributed by atoms with Crippen LogP contribution in [-0.4, -0.2) is 6.61 Å². The number of hydrogen-bond acceptors (Lipinski definition) is 2. The van der Waals surface area contributed by atoms with Crippen molar-refractivity contribution in [3.63, 3.8) is 0 Å². The molecule has 58 valence electrons. The van der Waals surface area contributed by atoms with Gasteiger partial charge in [0, 0.05) is 4.88 Å². The van der Waals surface area contributed by atoms with Crippen molar-refractivity contribution in [3.05, 3.63) is 34.5 Å². The van der Waals surface area contributed by atoms with E-state index in [-0.39, 0.29) is 6.10 Å². The molecule has 2 rings (SSSR count). The summed E-state index contributed by atoms with van der Waals surface area (Å²) in [5.41, 5.74) is 1.22. The molecule has 11 heavy (non-hydrogen) atoms. The molecule has 0 N–H and O–H groups in total. The molecule has 1 fully saturated rings. The van der Waals surface area contributed by atoms with Crippen molar-refractivity contribution in [2.24, 2.45) is 0 Å². The van der Waals surface area contributed by atoms with Gasteiger partial charge in [-0.05, 0) is 23.4 Å². The highest BCUT2D eigenvalue weighted by molar-refractivity contribution is 7.10. The predicted octanol–water partition coefficient (Wildman–Crippen LogP) is 2.77. The van der Waals surface area contributed by atoms with Crippen LogP contribution < -0.4 is 0 Å². The minimum absolute atomic E-state index is 0.190. The molecule has 2 heteroatoms. The Kier molecular flexibility index (Phi) is 1.80. The summed E-state index contributed by atoms with van der Waals surface area (Å²) in [5, 5.41) is 2.07. The lowest BCUT2D eigenvalue weighted by Crippen LogP contribution is -1.92.